The van der Waals surface area contributed by atoms with E-state index in [9.17, 15) is 9.59 Å². The normalized spacial score (nSPS) is 9.87. The van der Waals surface area contributed by atoms with E-state index >= 15 is 0 Å². The zero-order valence-corrected chi connectivity index (χ0v) is 9.50. The number of halogens is 2. The van der Waals surface area contributed by atoms with Crippen LogP contribution in [0.3, 0.4) is 0 Å². The van der Waals surface area contributed by atoms with Gasteiger partial charge >= 0.3 is 0 Å². The van der Waals surface area contributed by atoms with Crippen molar-refractivity contribution < 1.29 is 9.59 Å². The fourth-order valence-electron chi connectivity index (χ4n) is 1.06. The van der Waals surface area contributed by atoms with E-state index in [0.29, 0.717) is 0 Å². The Kier molecular flexibility index (Phi) is 3.60. The Morgan fingerprint density at radius 1 is 1.13 bits per heavy atom. The maximum Gasteiger partial charge on any atom is 0.230 e. The van der Waals surface area contributed by atoms with Gasteiger partial charge in [0.05, 0.1) is 0 Å². The molecule has 0 bridgehead atoms. The zero-order valence-electron chi connectivity index (χ0n) is 7.99. The smallest absolute Gasteiger partial charge is 0.230 e. The summed E-state index contributed by atoms with van der Waals surface area (Å²) in [5.41, 5.74) is 0.0147. The molecule has 0 unspecified atom stereocenters. The molecule has 80 valence electrons. The van der Waals surface area contributed by atoms with Crippen LogP contribution in [-0.2, 0) is 9.59 Å². The highest BCUT2D eigenvalue weighted by molar-refractivity contribution is 6.39. The van der Waals surface area contributed by atoms with Crippen molar-refractivity contribution >= 4 is 40.7 Å². The van der Waals surface area contributed by atoms with E-state index in [1.54, 1.807) is 0 Å². The van der Waals surface area contributed by atoms with Crippen molar-refractivity contribution in [2.75, 3.05) is 4.90 Å². The van der Waals surface area contributed by atoms with Crippen LogP contribution in [0.1, 0.15) is 13.8 Å². The molecule has 0 aliphatic rings. The summed E-state index contributed by atoms with van der Waals surface area (Å²) in [6, 6.07) is 0. The van der Waals surface area contributed by atoms with Crippen molar-refractivity contribution in [3.05, 3.63) is 16.6 Å². The summed E-state index contributed by atoms with van der Waals surface area (Å²) in [5.74, 6) is -0.998. The quantitative estimate of drug-likeness (QED) is 0.709. The highest BCUT2D eigenvalue weighted by Crippen LogP contribution is 2.30. The molecule has 1 heterocycles. The van der Waals surface area contributed by atoms with E-state index in [1.807, 2.05) is 0 Å². The Balaban J connectivity index is 3.35. The monoisotopic (exact) mass is 247 g/mol. The highest BCUT2D eigenvalue weighted by atomic mass is 35.5. The molecule has 0 aliphatic heterocycles. The van der Waals surface area contributed by atoms with Crippen LogP contribution in [0.25, 0.3) is 0 Å². The van der Waals surface area contributed by atoms with E-state index in [0.717, 1.165) is 11.2 Å². The SMILES string of the molecule is CC(=O)N(C(C)=O)c1c(Cl)ncnc1Cl. The molecule has 0 aromatic carbocycles. The summed E-state index contributed by atoms with van der Waals surface area (Å²) in [4.78, 5) is 30.6. The molecule has 0 fully saturated rings. The Morgan fingerprint density at radius 2 is 1.53 bits per heavy atom. The second-order valence-electron chi connectivity index (χ2n) is 2.68. The predicted octanol–water partition coefficient (Wildman–Crippen LogP) is 1.68. The minimum atomic E-state index is -0.499. The van der Waals surface area contributed by atoms with Crippen molar-refractivity contribution in [3.63, 3.8) is 0 Å². The van der Waals surface area contributed by atoms with Crippen LogP contribution >= 0.6 is 23.2 Å². The maximum absolute atomic E-state index is 11.2. The molecule has 0 aliphatic carbocycles. The number of anilines is 1. The molecule has 2 amide bonds. The molecule has 7 heteroatoms. The first-order valence-electron chi connectivity index (χ1n) is 3.92. The first kappa shape index (κ1) is 11.9. The molecule has 1 aromatic rings. The fourth-order valence-corrected chi connectivity index (χ4v) is 1.54. The average Bonchev–Trinajstić information content (AvgIpc) is 2.09. The van der Waals surface area contributed by atoms with Crippen LogP contribution in [0, 0.1) is 0 Å². The van der Waals surface area contributed by atoms with Gasteiger partial charge in [0, 0.05) is 13.8 Å². The third-order valence-corrected chi connectivity index (χ3v) is 2.14. The number of aromatic nitrogens is 2. The third-order valence-electron chi connectivity index (χ3n) is 1.59. The second-order valence-corrected chi connectivity index (χ2v) is 3.39. The number of rotatable bonds is 1. The molecule has 1 rings (SSSR count). The summed E-state index contributed by atoms with van der Waals surface area (Å²) in [6.45, 7) is 2.45. The number of carbonyl (C=O) groups excluding carboxylic acids is 2. The van der Waals surface area contributed by atoms with Crippen LogP contribution in [-0.4, -0.2) is 21.8 Å². The molecule has 0 atom stereocenters. The van der Waals surface area contributed by atoms with Gasteiger partial charge in [0.2, 0.25) is 11.8 Å². The van der Waals surface area contributed by atoms with E-state index in [-0.39, 0.29) is 16.0 Å². The van der Waals surface area contributed by atoms with Crippen LogP contribution in [0.5, 0.6) is 0 Å². The fraction of sp³-hybridized carbons (Fsp3) is 0.250. The lowest BCUT2D eigenvalue weighted by atomic mass is 10.4. The van der Waals surface area contributed by atoms with E-state index in [2.05, 4.69) is 9.97 Å². The summed E-state index contributed by atoms with van der Waals surface area (Å²) >= 11 is 11.5. The minimum absolute atomic E-state index is 0.0147. The second kappa shape index (κ2) is 4.55. The van der Waals surface area contributed by atoms with Crippen molar-refractivity contribution in [2.45, 2.75) is 13.8 Å². The van der Waals surface area contributed by atoms with Gasteiger partial charge in [-0.2, -0.15) is 0 Å². The molecule has 0 saturated heterocycles. The van der Waals surface area contributed by atoms with E-state index < -0.39 is 11.8 Å². The summed E-state index contributed by atoms with van der Waals surface area (Å²) in [7, 11) is 0. The molecule has 0 N–H and O–H groups in total. The number of carbonyl (C=O) groups is 2. The van der Waals surface area contributed by atoms with Crippen molar-refractivity contribution in [2.24, 2.45) is 0 Å². The Bertz CT molecular complexity index is 388. The van der Waals surface area contributed by atoms with Gasteiger partial charge in [-0.15, -0.1) is 0 Å². The molecular weight excluding hydrogens is 241 g/mol. The molecule has 0 radical (unpaired) electrons. The Hall–Kier alpha value is -1.20. The lowest BCUT2D eigenvalue weighted by Gasteiger charge is -2.18. The van der Waals surface area contributed by atoms with Gasteiger partial charge in [0.25, 0.3) is 0 Å². The lowest BCUT2D eigenvalue weighted by molar-refractivity contribution is -0.124. The van der Waals surface area contributed by atoms with Gasteiger partial charge in [-0.25, -0.2) is 14.9 Å². The standard InChI is InChI=1S/C8H7Cl2N3O2/c1-4(14)13(5(2)15)6-7(9)11-3-12-8(6)10/h3H,1-2H3. The summed E-state index contributed by atoms with van der Waals surface area (Å²) in [6.07, 6.45) is 1.15. The number of hydrogen-bond donors (Lipinski definition) is 0. The Labute approximate surface area is 96.0 Å². The molecule has 15 heavy (non-hydrogen) atoms. The number of nitrogens with zero attached hydrogens (tertiary/aromatic N) is 3. The number of hydrogen-bond acceptors (Lipinski definition) is 4. The highest BCUT2D eigenvalue weighted by Gasteiger charge is 2.23. The lowest BCUT2D eigenvalue weighted by Crippen LogP contribution is -2.33. The van der Waals surface area contributed by atoms with Crippen molar-refractivity contribution in [3.8, 4) is 0 Å². The zero-order chi connectivity index (χ0) is 11.6. The first-order valence-corrected chi connectivity index (χ1v) is 4.68. The number of imide groups is 1. The summed E-state index contributed by atoms with van der Waals surface area (Å²) in [5, 5.41) is -0.0826. The molecule has 0 spiro atoms. The Morgan fingerprint density at radius 3 is 1.87 bits per heavy atom. The molecule has 0 saturated carbocycles. The van der Waals surface area contributed by atoms with E-state index in [1.165, 1.54) is 13.8 Å². The van der Waals surface area contributed by atoms with Gasteiger partial charge in [-0.1, -0.05) is 23.2 Å². The van der Waals surface area contributed by atoms with Gasteiger partial charge in [0.1, 0.15) is 12.0 Å². The maximum atomic E-state index is 11.2. The van der Waals surface area contributed by atoms with Gasteiger partial charge in [0.15, 0.2) is 10.3 Å². The van der Waals surface area contributed by atoms with Crippen LogP contribution in [0.2, 0.25) is 10.3 Å². The molecule has 1 aromatic heterocycles. The topological polar surface area (TPSA) is 63.2 Å². The van der Waals surface area contributed by atoms with Crippen LogP contribution in [0.4, 0.5) is 5.69 Å². The van der Waals surface area contributed by atoms with Crippen molar-refractivity contribution in [1.82, 2.24) is 9.97 Å². The van der Waals surface area contributed by atoms with Crippen molar-refractivity contribution in [1.29, 1.82) is 0 Å². The average molecular weight is 248 g/mol. The largest absolute Gasteiger partial charge is 0.274 e. The first-order chi connectivity index (χ1) is 6.95. The number of amides is 2. The predicted molar refractivity (Wildman–Crippen MR) is 55.9 cm³/mol. The minimum Gasteiger partial charge on any atom is -0.274 e. The van der Waals surface area contributed by atoms with Crippen LogP contribution < -0.4 is 4.90 Å². The van der Waals surface area contributed by atoms with Gasteiger partial charge in [-0.3, -0.25) is 9.59 Å². The molecule has 5 nitrogen and oxygen atoms in total. The molecular formula is C8H7Cl2N3O2. The van der Waals surface area contributed by atoms with E-state index in [4.69, 9.17) is 23.2 Å². The third kappa shape index (κ3) is 2.43. The van der Waals surface area contributed by atoms with Crippen LogP contribution in [0.15, 0.2) is 6.33 Å². The van der Waals surface area contributed by atoms with Gasteiger partial charge < -0.3 is 0 Å². The summed E-state index contributed by atoms with van der Waals surface area (Å²) < 4.78 is 0. The van der Waals surface area contributed by atoms with Gasteiger partial charge in [-0.05, 0) is 0 Å².